The second kappa shape index (κ2) is 5.12. The second-order valence-electron chi connectivity index (χ2n) is 4.32. The minimum atomic E-state index is -0.679. The van der Waals surface area contributed by atoms with E-state index in [1.54, 1.807) is 6.33 Å². The van der Waals surface area contributed by atoms with E-state index < -0.39 is 5.97 Å². The summed E-state index contributed by atoms with van der Waals surface area (Å²) < 4.78 is 0. The fourth-order valence-electron chi connectivity index (χ4n) is 2.11. The summed E-state index contributed by atoms with van der Waals surface area (Å²) in [6.45, 7) is 3.58. The third kappa shape index (κ3) is 2.72. The van der Waals surface area contributed by atoms with Gasteiger partial charge in [-0.05, 0) is 19.3 Å². The number of carbonyl (C=O) groups is 1. The summed E-state index contributed by atoms with van der Waals surface area (Å²) in [4.78, 5) is 21.4. The minimum Gasteiger partial charge on any atom is -0.481 e. The van der Waals surface area contributed by atoms with Crippen molar-refractivity contribution in [2.45, 2.75) is 26.2 Å². The number of aryl methyl sites for hydroxylation is 1. The molecule has 2 heterocycles. The standard InChI is InChI=1S/C12H17N3O2/c1-2-10-7-11(14-8-13-10)15-5-3-9(4-6-15)12(16)17/h7-9H,2-6H2,1H3,(H,16,17). The highest BCUT2D eigenvalue weighted by Crippen LogP contribution is 2.21. The van der Waals surface area contributed by atoms with Crippen LogP contribution in [0.2, 0.25) is 0 Å². The molecule has 1 saturated heterocycles. The van der Waals surface area contributed by atoms with Crippen LogP contribution in [-0.2, 0) is 11.2 Å². The largest absolute Gasteiger partial charge is 0.481 e. The van der Waals surface area contributed by atoms with Crippen molar-refractivity contribution in [1.29, 1.82) is 0 Å². The first-order valence-corrected chi connectivity index (χ1v) is 5.99. The van der Waals surface area contributed by atoms with Gasteiger partial charge in [0.2, 0.25) is 0 Å². The maximum absolute atomic E-state index is 10.9. The van der Waals surface area contributed by atoms with Gasteiger partial charge in [-0.3, -0.25) is 4.79 Å². The van der Waals surface area contributed by atoms with Crippen molar-refractivity contribution in [3.63, 3.8) is 0 Å². The second-order valence-corrected chi connectivity index (χ2v) is 4.32. The van der Waals surface area contributed by atoms with E-state index in [-0.39, 0.29) is 5.92 Å². The van der Waals surface area contributed by atoms with Crippen molar-refractivity contribution < 1.29 is 9.90 Å². The van der Waals surface area contributed by atoms with E-state index in [1.165, 1.54) is 0 Å². The van der Waals surface area contributed by atoms with Crippen LogP contribution >= 0.6 is 0 Å². The van der Waals surface area contributed by atoms with Crippen LogP contribution < -0.4 is 4.90 Å². The van der Waals surface area contributed by atoms with E-state index in [9.17, 15) is 4.79 Å². The molecule has 0 radical (unpaired) electrons. The average Bonchev–Trinajstić information content (AvgIpc) is 2.39. The van der Waals surface area contributed by atoms with Crippen molar-refractivity contribution in [3.05, 3.63) is 18.1 Å². The summed E-state index contributed by atoms with van der Waals surface area (Å²) in [5.74, 6) is 0.0426. The zero-order valence-corrected chi connectivity index (χ0v) is 9.96. The zero-order chi connectivity index (χ0) is 12.3. The highest BCUT2D eigenvalue weighted by molar-refractivity contribution is 5.70. The van der Waals surface area contributed by atoms with Gasteiger partial charge in [-0.1, -0.05) is 6.92 Å². The first-order valence-electron chi connectivity index (χ1n) is 5.99. The van der Waals surface area contributed by atoms with Crippen LogP contribution in [0.5, 0.6) is 0 Å². The minimum absolute atomic E-state index is 0.196. The number of carboxylic acid groups (broad SMARTS) is 1. The Balaban J connectivity index is 2.02. The molecule has 0 amide bonds. The lowest BCUT2D eigenvalue weighted by atomic mass is 9.97. The molecule has 1 aromatic rings. The van der Waals surface area contributed by atoms with Gasteiger partial charge in [-0.25, -0.2) is 9.97 Å². The van der Waals surface area contributed by atoms with E-state index in [2.05, 4.69) is 21.8 Å². The van der Waals surface area contributed by atoms with Gasteiger partial charge in [0.1, 0.15) is 12.1 Å². The molecule has 0 aromatic carbocycles. The summed E-state index contributed by atoms with van der Waals surface area (Å²) >= 11 is 0. The van der Waals surface area contributed by atoms with Gasteiger partial charge in [-0.2, -0.15) is 0 Å². The van der Waals surface area contributed by atoms with Crippen LogP contribution in [0, 0.1) is 5.92 Å². The summed E-state index contributed by atoms with van der Waals surface area (Å²) in [5.41, 5.74) is 1.02. The van der Waals surface area contributed by atoms with Crippen molar-refractivity contribution in [2.24, 2.45) is 5.92 Å². The monoisotopic (exact) mass is 235 g/mol. The fraction of sp³-hybridized carbons (Fsp3) is 0.583. The first kappa shape index (κ1) is 11.8. The summed E-state index contributed by atoms with van der Waals surface area (Å²) in [6.07, 6.45) is 3.86. The Labute approximate surface area is 100 Å². The van der Waals surface area contributed by atoms with Crippen LogP contribution in [0.3, 0.4) is 0 Å². The van der Waals surface area contributed by atoms with Gasteiger partial charge >= 0.3 is 5.97 Å². The van der Waals surface area contributed by atoms with Gasteiger partial charge in [0.05, 0.1) is 5.92 Å². The number of nitrogens with zero attached hydrogens (tertiary/aromatic N) is 3. The molecule has 5 heteroatoms. The Morgan fingerprint density at radius 1 is 1.47 bits per heavy atom. The summed E-state index contributed by atoms with van der Waals surface area (Å²) in [5, 5.41) is 8.93. The Bertz CT molecular complexity index is 400. The molecule has 0 saturated carbocycles. The van der Waals surface area contributed by atoms with E-state index in [0.29, 0.717) is 12.8 Å². The fourth-order valence-corrected chi connectivity index (χ4v) is 2.11. The Hall–Kier alpha value is -1.65. The van der Waals surface area contributed by atoms with Crippen LogP contribution in [0.4, 0.5) is 5.82 Å². The highest BCUT2D eigenvalue weighted by Gasteiger charge is 2.25. The number of hydrogen-bond acceptors (Lipinski definition) is 4. The SMILES string of the molecule is CCc1cc(N2CCC(C(=O)O)CC2)ncn1. The lowest BCUT2D eigenvalue weighted by molar-refractivity contribution is -0.142. The van der Waals surface area contributed by atoms with E-state index in [1.807, 2.05) is 6.07 Å². The van der Waals surface area contributed by atoms with Gasteiger partial charge < -0.3 is 10.0 Å². The molecule has 0 unspecified atom stereocenters. The van der Waals surface area contributed by atoms with Crippen molar-refractivity contribution in [1.82, 2.24) is 9.97 Å². The number of aromatic nitrogens is 2. The molecule has 1 aliphatic rings. The molecule has 0 aliphatic carbocycles. The van der Waals surface area contributed by atoms with Crippen molar-refractivity contribution >= 4 is 11.8 Å². The molecule has 17 heavy (non-hydrogen) atoms. The van der Waals surface area contributed by atoms with Crippen LogP contribution in [0.1, 0.15) is 25.5 Å². The van der Waals surface area contributed by atoms with Crippen molar-refractivity contribution in [2.75, 3.05) is 18.0 Å². The smallest absolute Gasteiger partial charge is 0.306 e. The van der Waals surface area contributed by atoms with Gasteiger partial charge in [-0.15, -0.1) is 0 Å². The molecular weight excluding hydrogens is 218 g/mol. The molecule has 1 fully saturated rings. The molecule has 0 spiro atoms. The highest BCUT2D eigenvalue weighted by atomic mass is 16.4. The van der Waals surface area contributed by atoms with E-state index >= 15 is 0 Å². The summed E-state index contributed by atoms with van der Waals surface area (Å²) in [7, 11) is 0. The number of rotatable bonds is 3. The molecule has 0 bridgehead atoms. The normalized spacial score (nSPS) is 17.1. The average molecular weight is 235 g/mol. The molecular formula is C12H17N3O2. The molecule has 1 aromatic heterocycles. The van der Waals surface area contributed by atoms with Crippen LogP contribution in [0.15, 0.2) is 12.4 Å². The lowest BCUT2D eigenvalue weighted by Gasteiger charge is -2.31. The first-order chi connectivity index (χ1) is 8.20. The van der Waals surface area contributed by atoms with Crippen LogP contribution in [-0.4, -0.2) is 34.1 Å². The molecule has 1 aliphatic heterocycles. The molecule has 5 nitrogen and oxygen atoms in total. The Morgan fingerprint density at radius 3 is 2.76 bits per heavy atom. The molecule has 92 valence electrons. The van der Waals surface area contributed by atoms with Gasteiger partial charge in [0.25, 0.3) is 0 Å². The van der Waals surface area contributed by atoms with E-state index in [4.69, 9.17) is 5.11 Å². The predicted molar refractivity (Wildman–Crippen MR) is 64.0 cm³/mol. The third-order valence-electron chi connectivity index (χ3n) is 3.24. The van der Waals surface area contributed by atoms with Gasteiger partial charge in [0.15, 0.2) is 0 Å². The predicted octanol–water partition coefficient (Wildman–Crippen LogP) is 1.34. The quantitative estimate of drug-likeness (QED) is 0.856. The number of anilines is 1. The molecule has 1 N–H and O–H groups in total. The number of hydrogen-bond donors (Lipinski definition) is 1. The zero-order valence-electron chi connectivity index (χ0n) is 9.96. The molecule has 0 atom stereocenters. The summed E-state index contributed by atoms with van der Waals surface area (Å²) in [6, 6.07) is 1.99. The van der Waals surface area contributed by atoms with Gasteiger partial charge in [0, 0.05) is 24.8 Å². The topological polar surface area (TPSA) is 66.3 Å². The maximum Gasteiger partial charge on any atom is 0.306 e. The molecule has 2 rings (SSSR count). The van der Waals surface area contributed by atoms with Crippen molar-refractivity contribution in [3.8, 4) is 0 Å². The maximum atomic E-state index is 10.9. The number of aliphatic carboxylic acids is 1. The third-order valence-corrected chi connectivity index (χ3v) is 3.24. The Kier molecular flexibility index (Phi) is 3.56. The number of carboxylic acids is 1. The lowest BCUT2D eigenvalue weighted by Crippen LogP contribution is -2.36. The van der Waals surface area contributed by atoms with E-state index in [0.717, 1.165) is 31.0 Å². The van der Waals surface area contributed by atoms with Crippen LogP contribution in [0.25, 0.3) is 0 Å². The Morgan fingerprint density at radius 2 is 2.18 bits per heavy atom. The number of piperidine rings is 1.